The molecule has 3 aromatic rings. The van der Waals surface area contributed by atoms with Gasteiger partial charge in [0.1, 0.15) is 11.5 Å². The number of rotatable bonds is 5. The number of benzene rings is 2. The van der Waals surface area contributed by atoms with E-state index in [9.17, 15) is 4.79 Å². The highest BCUT2D eigenvalue weighted by Crippen LogP contribution is 2.21. The van der Waals surface area contributed by atoms with E-state index < -0.39 is 0 Å². The fraction of sp³-hybridized carbons (Fsp3) is 0.227. The van der Waals surface area contributed by atoms with Crippen molar-refractivity contribution in [3.8, 4) is 17.4 Å². The molecular formula is C22H22N4O3. The molecule has 0 saturated carbocycles. The number of amides is 1. The molecule has 0 N–H and O–H groups in total. The van der Waals surface area contributed by atoms with Crippen LogP contribution in [0.15, 0.2) is 66.7 Å². The van der Waals surface area contributed by atoms with Crippen LogP contribution in [-0.4, -0.2) is 54.3 Å². The molecule has 2 heterocycles. The Labute approximate surface area is 169 Å². The number of carbonyl (C=O) groups is 1. The summed E-state index contributed by atoms with van der Waals surface area (Å²) in [5, 5.41) is 8.44. The van der Waals surface area contributed by atoms with Crippen molar-refractivity contribution in [1.29, 1.82) is 0 Å². The van der Waals surface area contributed by atoms with E-state index in [1.165, 1.54) is 0 Å². The van der Waals surface area contributed by atoms with Gasteiger partial charge in [0.25, 0.3) is 5.91 Å². The monoisotopic (exact) mass is 390 g/mol. The Morgan fingerprint density at radius 1 is 0.862 bits per heavy atom. The molecule has 4 rings (SSSR count). The summed E-state index contributed by atoms with van der Waals surface area (Å²) in [6.45, 7) is 2.65. The minimum absolute atomic E-state index is 0.0150. The molecule has 1 aliphatic heterocycles. The summed E-state index contributed by atoms with van der Waals surface area (Å²) in [4.78, 5) is 16.7. The second-order valence-corrected chi connectivity index (χ2v) is 6.66. The van der Waals surface area contributed by atoms with Crippen LogP contribution in [0.3, 0.4) is 0 Å². The highest BCUT2D eigenvalue weighted by atomic mass is 16.5. The van der Waals surface area contributed by atoms with Gasteiger partial charge in [0.15, 0.2) is 5.82 Å². The topological polar surface area (TPSA) is 67.8 Å². The van der Waals surface area contributed by atoms with Gasteiger partial charge in [-0.2, -0.15) is 0 Å². The van der Waals surface area contributed by atoms with Crippen molar-refractivity contribution in [2.45, 2.75) is 0 Å². The number of methoxy groups -OCH3 is 1. The molecule has 1 saturated heterocycles. The van der Waals surface area contributed by atoms with Crippen LogP contribution >= 0.6 is 0 Å². The van der Waals surface area contributed by atoms with E-state index in [-0.39, 0.29) is 5.91 Å². The lowest BCUT2D eigenvalue weighted by Crippen LogP contribution is -2.49. The van der Waals surface area contributed by atoms with E-state index >= 15 is 0 Å². The van der Waals surface area contributed by atoms with Gasteiger partial charge in [-0.3, -0.25) is 4.79 Å². The van der Waals surface area contributed by atoms with Crippen LogP contribution in [0.1, 0.15) is 10.4 Å². The maximum atomic E-state index is 12.7. The SMILES string of the molecule is COc1cccc(C(=O)N2CCN(c3ccc(Oc4ccccc4)nn3)CC2)c1. The average Bonchev–Trinajstić information content (AvgIpc) is 2.80. The highest BCUT2D eigenvalue weighted by Gasteiger charge is 2.23. The summed E-state index contributed by atoms with van der Waals surface area (Å²) in [5.74, 6) is 2.65. The van der Waals surface area contributed by atoms with Gasteiger partial charge in [0, 0.05) is 37.8 Å². The molecule has 0 aliphatic carbocycles. The average molecular weight is 390 g/mol. The van der Waals surface area contributed by atoms with Crippen molar-refractivity contribution in [1.82, 2.24) is 15.1 Å². The summed E-state index contributed by atoms with van der Waals surface area (Å²) in [6.07, 6.45) is 0. The van der Waals surface area contributed by atoms with Gasteiger partial charge in [0.2, 0.25) is 5.88 Å². The Balaban J connectivity index is 1.35. The van der Waals surface area contributed by atoms with Crippen molar-refractivity contribution in [3.05, 3.63) is 72.3 Å². The zero-order valence-electron chi connectivity index (χ0n) is 16.2. The molecule has 1 aliphatic rings. The molecule has 148 valence electrons. The zero-order chi connectivity index (χ0) is 20.1. The second-order valence-electron chi connectivity index (χ2n) is 6.66. The lowest BCUT2D eigenvalue weighted by molar-refractivity contribution is 0.0746. The summed E-state index contributed by atoms with van der Waals surface area (Å²) in [5.41, 5.74) is 0.639. The van der Waals surface area contributed by atoms with Gasteiger partial charge in [-0.05, 0) is 36.4 Å². The maximum Gasteiger partial charge on any atom is 0.254 e. The Kier molecular flexibility index (Phi) is 5.56. The smallest absolute Gasteiger partial charge is 0.254 e. The second kappa shape index (κ2) is 8.60. The third-order valence-electron chi connectivity index (χ3n) is 4.80. The number of aromatic nitrogens is 2. The normalized spacial score (nSPS) is 13.8. The van der Waals surface area contributed by atoms with Gasteiger partial charge >= 0.3 is 0 Å². The molecule has 0 atom stereocenters. The van der Waals surface area contributed by atoms with Crippen LogP contribution in [0.2, 0.25) is 0 Å². The number of carbonyl (C=O) groups excluding carboxylic acids is 1. The molecule has 1 aromatic heterocycles. The van der Waals surface area contributed by atoms with Gasteiger partial charge in [-0.15, -0.1) is 10.2 Å². The maximum absolute atomic E-state index is 12.7. The van der Waals surface area contributed by atoms with E-state index in [0.717, 1.165) is 11.6 Å². The minimum atomic E-state index is 0.0150. The number of hydrogen-bond acceptors (Lipinski definition) is 6. The first-order valence-corrected chi connectivity index (χ1v) is 9.48. The number of para-hydroxylation sites is 1. The van der Waals surface area contributed by atoms with Gasteiger partial charge in [-0.25, -0.2) is 0 Å². The molecular weight excluding hydrogens is 368 g/mol. The molecule has 29 heavy (non-hydrogen) atoms. The van der Waals surface area contributed by atoms with E-state index in [4.69, 9.17) is 9.47 Å². The fourth-order valence-corrected chi connectivity index (χ4v) is 3.22. The number of piperazine rings is 1. The molecule has 2 aromatic carbocycles. The summed E-state index contributed by atoms with van der Waals surface area (Å²) in [7, 11) is 1.60. The molecule has 7 heteroatoms. The number of ether oxygens (including phenoxy) is 2. The van der Waals surface area contributed by atoms with E-state index in [1.807, 2.05) is 65.6 Å². The van der Waals surface area contributed by atoms with E-state index in [0.29, 0.717) is 43.4 Å². The van der Waals surface area contributed by atoms with Crippen LogP contribution in [0.25, 0.3) is 0 Å². The molecule has 1 amide bonds. The van der Waals surface area contributed by atoms with Gasteiger partial charge in [-0.1, -0.05) is 24.3 Å². The van der Waals surface area contributed by atoms with E-state index in [1.54, 1.807) is 13.2 Å². The summed E-state index contributed by atoms with van der Waals surface area (Å²) in [6, 6.07) is 20.4. The zero-order valence-corrected chi connectivity index (χ0v) is 16.2. The Morgan fingerprint density at radius 3 is 2.31 bits per heavy atom. The standard InChI is InChI=1S/C22H22N4O3/c1-28-19-9-5-6-17(16-19)22(27)26-14-12-25(13-15-26)20-10-11-21(24-23-20)29-18-7-3-2-4-8-18/h2-11,16H,12-15H2,1H3. The van der Waals surface area contributed by atoms with Crippen LogP contribution < -0.4 is 14.4 Å². The Bertz CT molecular complexity index is 955. The first kappa shape index (κ1) is 18.7. The number of anilines is 1. The molecule has 0 unspecified atom stereocenters. The number of hydrogen-bond donors (Lipinski definition) is 0. The minimum Gasteiger partial charge on any atom is -0.497 e. The van der Waals surface area contributed by atoms with Crippen molar-refractivity contribution >= 4 is 11.7 Å². The Hall–Kier alpha value is -3.61. The fourth-order valence-electron chi connectivity index (χ4n) is 3.22. The lowest BCUT2D eigenvalue weighted by Gasteiger charge is -2.35. The van der Waals surface area contributed by atoms with Gasteiger partial charge < -0.3 is 19.3 Å². The van der Waals surface area contributed by atoms with Crippen LogP contribution in [0.5, 0.6) is 17.4 Å². The predicted octanol–water partition coefficient (Wildman–Crippen LogP) is 3.24. The molecule has 0 bridgehead atoms. The van der Waals surface area contributed by atoms with Gasteiger partial charge in [0.05, 0.1) is 7.11 Å². The summed E-state index contributed by atoms with van der Waals surface area (Å²) >= 11 is 0. The first-order chi connectivity index (χ1) is 14.2. The third kappa shape index (κ3) is 4.45. The van der Waals surface area contributed by atoms with Crippen molar-refractivity contribution in [3.63, 3.8) is 0 Å². The quantitative estimate of drug-likeness (QED) is 0.666. The highest BCUT2D eigenvalue weighted by molar-refractivity contribution is 5.94. The van der Waals surface area contributed by atoms with Crippen LogP contribution in [0, 0.1) is 0 Å². The Morgan fingerprint density at radius 2 is 1.62 bits per heavy atom. The molecule has 1 fully saturated rings. The number of nitrogens with zero attached hydrogens (tertiary/aromatic N) is 4. The first-order valence-electron chi connectivity index (χ1n) is 9.48. The third-order valence-corrected chi connectivity index (χ3v) is 4.80. The molecule has 0 spiro atoms. The van der Waals surface area contributed by atoms with Crippen molar-refractivity contribution < 1.29 is 14.3 Å². The van der Waals surface area contributed by atoms with Crippen molar-refractivity contribution in [2.75, 3.05) is 38.2 Å². The molecule has 7 nitrogen and oxygen atoms in total. The predicted molar refractivity (Wildman–Crippen MR) is 110 cm³/mol. The molecule has 0 radical (unpaired) electrons. The largest absolute Gasteiger partial charge is 0.497 e. The van der Waals surface area contributed by atoms with Crippen molar-refractivity contribution in [2.24, 2.45) is 0 Å². The van der Waals surface area contributed by atoms with Crippen LogP contribution in [-0.2, 0) is 0 Å². The lowest BCUT2D eigenvalue weighted by atomic mass is 10.1. The van der Waals surface area contributed by atoms with E-state index in [2.05, 4.69) is 15.1 Å². The van der Waals surface area contributed by atoms with Crippen LogP contribution in [0.4, 0.5) is 5.82 Å². The summed E-state index contributed by atoms with van der Waals surface area (Å²) < 4.78 is 10.9.